The van der Waals surface area contributed by atoms with Gasteiger partial charge in [-0.25, -0.2) is 0 Å². The highest BCUT2D eigenvalue weighted by Gasteiger charge is 1.94. The van der Waals surface area contributed by atoms with Crippen molar-refractivity contribution >= 4 is 12.2 Å². The fourth-order valence-electron chi connectivity index (χ4n) is 1.14. The molecule has 0 atom stereocenters. The predicted molar refractivity (Wildman–Crippen MR) is 52.6 cm³/mol. The molecule has 1 aliphatic rings. The zero-order valence-corrected chi connectivity index (χ0v) is 6.64. The quantitative estimate of drug-likeness (QED) is 0.562. The molecule has 0 amide bonds. The van der Waals surface area contributed by atoms with Crippen LogP contribution in [0.15, 0.2) is 42.6 Å². The molecule has 0 saturated carbocycles. The summed E-state index contributed by atoms with van der Waals surface area (Å²) in [6.07, 6.45) is 13.9. The third-order valence-corrected chi connectivity index (χ3v) is 1.73. The highest BCUT2D eigenvalue weighted by Crippen LogP contribution is 2.11. The van der Waals surface area contributed by atoms with Crippen LogP contribution in [-0.2, 0) is 0 Å². The summed E-state index contributed by atoms with van der Waals surface area (Å²) in [6, 6.07) is 4.00. The molecule has 2 rings (SSSR count). The molecule has 1 aromatic rings. The van der Waals surface area contributed by atoms with E-state index in [0.29, 0.717) is 0 Å². The zero-order valence-electron chi connectivity index (χ0n) is 7.64. The molecule has 0 fully saturated rings. The minimum Gasteiger partial charge on any atom is -0.256 e. The number of rotatable bonds is 0. The van der Waals surface area contributed by atoms with E-state index in [4.69, 9.17) is 0 Å². The molecule has 1 aliphatic carbocycles. The molecule has 1 nitrogen and oxygen atoms in total. The van der Waals surface area contributed by atoms with Gasteiger partial charge in [-0.2, -0.15) is 0 Å². The van der Waals surface area contributed by atoms with Crippen molar-refractivity contribution in [2.75, 3.05) is 0 Å². The van der Waals surface area contributed by atoms with Gasteiger partial charge in [-0.15, -0.1) is 0 Å². The summed E-state index contributed by atoms with van der Waals surface area (Å²) in [5, 5.41) is 0. The molecular formula is C11H10N+. The summed E-state index contributed by atoms with van der Waals surface area (Å²) < 4.78 is 0. The van der Waals surface area contributed by atoms with Crippen LogP contribution in [0.4, 0.5) is 0 Å². The highest BCUT2D eigenvalue weighted by molar-refractivity contribution is 5.64. The van der Waals surface area contributed by atoms with Crippen molar-refractivity contribution in [3.8, 4) is 0 Å². The molecule has 0 N–H and O–H groups in total. The van der Waals surface area contributed by atoms with Crippen LogP contribution < -0.4 is 0 Å². The van der Waals surface area contributed by atoms with Gasteiger partial charge < -0.3 is 0 Å². The summed E-state index contributed by atoms with van der Waals surface area (Å²) in [7, 11) is 0. The van der Waals surface area contributed by atoms with E-state index >= 15 is 0 Å². The fourth-order valence-corrected chi connectivity index (χ4v) is 1.14. The first-order valence-electron chi connectivity index (χ1n) is 3.93. The van der Waals surface area contributed by atoms with E-state index in [1.165, 1.54) is 0 Å². The molecule has 58 valence electrons. The van der Waals surface area contributed by atoms with Gasteiger partial charge in [0, 0.05) is 11.8 Å². The Morgan fingerprint density at radius 3 is 2.75 bits per heavy atom. The molecule has 0 radical (unpaired) electrons. The Hall–Kier alpha value is -1.63. The molecule has 0 aromatic carbocycles. The predicted octanol–water partition coefficient (Wildman–Crippen LogP) is 2.79. The summed E-state index contributed by atoms with van der Waals surface area (Å²) in [5.74, 6) is 0. The van der Waals surface area contributed by atoms with Crippen molar-refractivity contribution in [3.63, 3.8) is 0 Å². The molecule has 0 bridgehead atoms. The van der Waals surface area contributed by atoms with Crippen molar-refractivity contribution < 1.29 is 1.43 Å². The lowest BCUT2D eigenvalue weighted by atomic mass is 10.1. The van der Waals surface area contributed by atoms with Gasteiger partial charge in [-0.3, -0.25) is 4.98 Å². The SMILES string of the molecule is C1=C\C=C/c2ncccc2\C=C/1.[H+]. The maximum Gasteiger partial charge on any atom is 1.00 e. The van der Waals surface area contributed by atoms with Crippen molar-refractivity contribution in [1.82, 2.24) is 4.98 Å². The lowest BCUT2D eigenvalue weighted by Crippen LogP contribution is -1.84. The number of aromatic nitrogens is 1. The van der Waals surface area contributed by atoms with Gasteiger partial charge >= 0.3 is 1.43 Å². The number of pyridine rings is 1. The maximum absolute atomic E-state index is 4.25. The number of nitrogens with zero attached hydrogens (tertiary/aromatic N) is 1. The van der Waals surface area contributed by atoms with Gasteiger partial charge in [0.15, 0.2) is 0 Å². The minimum absolute atomic E-state index is 0. The van der Waals surface area contributed by atoms with Gasteiger partial charge in [0.05, 0.1) is 5.69 Å². The van der Waals surface area contributed by atoms with Crippen molar-refractivity contribution in [3.05, 3.63) is 53.9 Å². The molecule has 0 aliphatic heterocycles. The molecule has 1 heterocycles. The summed E-state index contributed by atoms with van der Waals surface area (Å²) in [6.45, 7) is 0. The molecule has 12 heavy (non-hydrogen) atoms. The van der Waals surface area contributed by atoms with Crippen LogP contribution in [0.25, 0.3) is 12.2 Å². The van der Waals surface area contributed by atoms with E-state index < -0.39 is 0 Å². The normalized spacial score (nSPS) is 21.7. The Morgan fingerprint density at radius 2 is 1.83 bits per heavy atom. The summed E-state index contributed by atoms with van der Waals surface area (Å²) >= 11 is 0. The van der Waals surface area contributed by atoms with Gasteiger partial charge in [0.2, 0.25) is 0 Å². The van der Waals surface area contributed by atoms with Crippen molar-refractivity contribution in [2.45, 2.75) is 0 Å². The first-order chi connectivity index (χ1) is 5.97. The summed E-state index contributed by atoms with van der Waals surface area (Å²) in [5.41, 5.74) is 2.19. The second-order valence-corrected chi connectivity index (χ2v) is 2.58. The van der Waals surface area contributed by atoms with E-state index in [0.717, 1.165) is 11.3 Å². The van der Waals surface area contributed by atoms with E-state index in [9.17, 15) is 0 Å². The molecular weight excluding hydrogens is 146 g/mol. The maximum atomic E-state index is 4.25. The second kappa shape index (κ2) is 3.18. The number of fused-ring (bicyclic) bond motifs is 1. The fraction of sp³-hybridized carbons (Fsp3) is 0. The minimum atomic E-state index is 0. The van der Waals surface area contributed by atoms with Crippen LogP contribution in [-0.4, -0.2) is 4.98 Å². The van der Waals surface area contributed by atoms with Gasteiger partial charge in [-0.05, 0) is 12.1 Å². The lowest BCUT2D eigenvalue weighted by molar-refractivity contribution is 1.28. The van der Waals surface area contributed by atoms with E-state index in [1.807, 2.05) is 42.6 Å². The third kappa shape index (κ3) is 1.35. The average molecular weight is 156 g/mol. The first kappa shape index (κ1) is 7.04. The molecule has 0 spiro atoms. The molecule has 0 saturated heterocycles. The van der Waals surface area contributed by atoms with Crippen LogP contribution in [0, 0.1) is 0 Å². The van der Waals surface area contributed by atoms with Crippen LogP contribution >= 0.6 is 0 Å². The van der Waals surface area contributed by atoms with Crippen LogP contribution in [0.1, 0.15) is 12.7 Å². The van der Waals surface area contributed by atoms with Gasteiger partial charge in [0.1, 0.15) is 0 Å². The smallest absolute Gasteiger partial charge is 0.256 e. The third-order valence-electron chi connectivity index (χ3n) is 1.73. The Balaban J connectivity index is 0.000000845. The second-order valence-electron chi connectivity index (χ2n) is 2.58. The largest absolute Gasteiger partial charge is 1.00 e. The van der Waals surface area contributed by atoms with Crippen molar-refractivity contribution in [1.29, 1.82) is 0 Å². The Morgan fingerprint density at radius 1 is 1.00 bits per heavy atom. The van der Waals surface area contributed by atoms with Crippen LogP contribution in [0.2, 0.25) is 0 Å². The van der Waals surface area contributed by atoms with E-state index in [-0.39, 0.29) is 1.43 Å². The number of hydrogen-bond donors (Lipinski definition) is 0. The Kier molecular flexibility index (Phi) is 1.87. The monoisotopic (exact) mass is 156 g/mol. The van der Waals surface area contributed by atoms with Gasteiger partial charge in [-0.1, -0.05) is 36.4 Å². The van der Waals surface area contributed by atoms with Crippen LogP contribution in [0.5, 0.6) is 0 Å². The Bertz CT molecular complexity index is 329. The first-order valence-corrected chi connectivity index (χ1v) is 3.93. The number of hydrogen-bond acceptors (Lipinski definition) is 1. The van der Waals surface area contributed by atoms with Crippen molar-refractivity contribution in [2.24, 2.45) is 0 Å². The standard InChI is InChI=1S/C11H9N/c1-2-4-8-11-10(6-3-1)7-5-9-12-11/h1-9H/p+1/b2-1-,3-1?,4-2?,6-3-,8-4-,10-6?,11-8?. The van der Waals surface area contributed by atoms with E-state index in [2.05, 4.69) is 17.1 Å². The lowest BCUT2D eigenvalue weighted by Gasteiger charge is -1.98. The summed E-state index contributed by atoms with van der Waals surface area (Å²) in [4.78, 5) is 4.25. The zero-order chi connectivity index (χ0) is 8.23. The molecule has 0 unspecified atom stereocenters. The van der Waals surface area contributed by atoms with Crippen LogP contribution in [0.3, 0.4) is 0 Å². The highest BCUT2D eigenvalue weighted by atomic mass is 14.7. The topological polar surface area (TPSA) is 12.9 Å². The average Bonchev–Trinajstić information content (AvgIpc) is 2.06. The number of allylic oxidation sites excluding steroid dienone is 4. The van der Waals surface area contributed by atoms with E-state index in [1.54, 1.807) is 0 Å². The Labute approximate surface area is 73.3 Å². The van der Waals surface area contributed by atoms with Gasteiger partial charge in [0.25, 0.3) is 0 Å². The molecule has 1 aromatic heterocycles. The molecule has 1 heteroatoms.